The van der Waals surface area contributed by atoms with Crippen molar-refractivity contribution in [2.45, 2.75) is 39.3 Å². The lowest BCUT2D eigenvalue weighted by atomic mass is 9.98. The minimum atomic E-state index is -0.468. The molecule has 19 heavy (non-hydrogen) atoms. The van der Waals surface area contributed by atoms with Crippen molar-refractivity contribution in [1.29, 1.82) is 0 Å². The van der Waals surface area contributed by atoms with Crippen LogP contribution in [0.5, 0.6) is 0 Å². The number of nitrogens with zero attached hydrogens (tertiary/aromatic N) is 1. The number of hydrogen-bond donors (Lipinski definition) is 1. The highest BCUT2D eigenvalue weighted by atomic mass is 79.9. The first kappa shape index (κ1) is 14.2. The monoisotopic (exact) mass is 326 g/mol. The van der Waals surface area contributed by atoms with Gasteiger partial charge >= 0.3 is 6.09 Å². The first-order valence-electron chi connectivity index (χ1n) is 6.31. The number of amides is 1. The van der Waals surface area contributed by atoms with Crippen molar-refractivity contribution in [3.8, 4) is 0 Å². The van der Waals surface area contributed by atoms with Gasteiger partial charge in [0.1, 0.15) is 5.60 Å². The van der Waals surface area contributed by atoms with E-state index in [2.05, 4.69) is 15.9 Å². The fraction of sp³-hybridized carbons (Fsp3) is 0.500. The summed E-state index contributed by atoms with van der Waals surface area (Å²) in [6.45, 7) is 6.79. The van der Waals surface area contributed by atoms with E-state index < -0.39 is 5.60 Å². The highest BCUT2D eigenvalue weighted by Gasteiger charge is 2.27. The molecule has 0 fully saturated rings. The topological polar surface area (TPSA) is 55.6 Å². The van der Waals surface area contributed by atoms with Crippen LogP contribution < -0.4 is 5.73 Å². The number of rotatable bonds is 0. The van der Waals surface area contributed by atoms with Crippen molar-refractivity contribution in [2.24, 2.45) is 0 Å². The Kier molecular flexibility index (Phi) is 3.76. The van der Waals surface area contributed by atoms with Crippen LogP contribution in [0.15, 0.2) is 16.6 Å². The molecular formula is C14H19BrN2O2. The molecule has 2 N–H and O–H groups in total. The second-order valence-corrected chi connectivity index (χ2v) is 6.60. The normalized spacial score (nSPS) is 15.1. The van der Waals surface area contributed by atoms with Crippen LogP contribution in [0, 0.1) is 0 Å². The van der Waals surface area contributed by atoms with Gasteiger partial charge in [0.25, 0.3) is 0 Å². The molecule has 5 heteroatoms. The summed E-state index contributed by atoms with van der Waals surface area (Å²) in [6.07, 6.45) is 0.493. The maximum absolute atomic E-state index is 12.1. The molecule has 0 saturated heterocycles. The number of ether oxygens (including phenoxy) is 1. The molecular weight excluding hydrogens is 308 g/mol. The average molecular weight is 327 g/mol. The summed E-state index contributed by atoms with van der Waals surface area (Å²) in [6, 6.07) is 3.82. The third-order valence-corrected chi connectivity index (χ3v) is 3.79. The van der Waals surface area contributed by atoms with E-state index in [1.54, 1.807) is 4.90 Å². The second kappa shape index (κ2) is 5.04. The number of anilines is 1. The summed E-state index contributed by atoms with van der Waals surface area (Å²) < 4.78 is 6.39. The highest BCUT2D eigenvalue weighted by Crippen LogP contribution is 2.31. The van der Waals surface area contributed by atoms with E-state index in [0.29, 0.717) is 13.1 Å². The average Bonchev–Trinajstić information content (AvgIpc) is 2.31. The Labute approximate surface area is 122 Å². The molecule has 104 valence electrons. The molecule has 1 amide bonds. The second-order valence-electron chi connectivity index (χ2n) is 5.75. The number of nitrogen functional groups attached to an aromatic ring is 1. The fourth-order valence-electron chi connectivity index (χ4n) is 2.15. The fourth-order valence-corrected chi connectivity index (χ4v) is 2.64. The number of halogens is 1. The zero-order valence-corrected chi connectivity index (χ0v) is 13.1. The molecule has 0 radical (unpaired) electrons. The third kappa shape index (κ3) is 3.21. The van der Waals surface area contributed by atoms with Crippen LogP contribution in [0.2, 0.25) is 0 Å². The van der Waals surface area contributed by atoms with Gasteiger partial charge in [-0.05, 0) is 50.5 Å². The maximum Gasteiger partial charge on any atom is 0.410 e. The number of benzene rings is 1. The molecule has 0 aromatic heterocycles. The Bertz CT molecular complexity index is 509. The minimum Gasteiger partial charge on any atom is -0.444 e. The summed E-state index contributed by atoms with van der Waals surface area (Å²) in [4.78, 5) is 13.8. The molecule has 0 saturated carbocycles. The van der Waals surface area contributed by atoms with Gasteiger partial charge in [0.15, 0.2) is 0 Å². The van der Waals surface area contributed by atoms with Gasteiger partial charge in [-0.3, -0.25) is 0 Å². The summed E-state index contributed by atoms with van der Waals surface area (Å²) >= 11 is 3.52. The number of hydrogen-bond acceptors (Lipinski definition) is 3. The van der Waals surface area contributed by atoms with Gasteiger partial charge in [-0.25, -0.2) is 4.79 Å². The van der Waals surface area contributed by atoms with Gasteiger partial charge in [0.05, 0.1) is 6.54 Å². The maximum atomic E-state index is 12.1. The summed E-state index contributed by atoms with van der Waals surface area (Å²) in [5, 5.41) is 0. The number of nitrogens with two attached hydrogens (primary N) is 1. The molecule has 1 aromatic carbocycles. The van der Waals surface area contributed by atoms with E-state index in [1.807, 2.05) is 32.9 Å². The largest absolute Gasteiger partial charge is 0.444 e. The van der Waals surface area contributed by atoms with Gasteiger partial charge in [0.2, 0.25) is 0 Å². The lowest BCUT2D eigenvalue weighted by Crippen LogP contribution is -2.40. The van der Waals surface area contributed by atoms with Crippen molar-refractivity contribution >= 4 is 27.7 Å². The standard InChI is InChI=1S/C14H19BrN2O2/c1-14(2,3)19-13(18)17-7-6-9-10(8-17)11(15)4-5-12(9)16/h4-5H,6-8,16H2,1-3H3. The molecule has 0 unspecified atom stereocenters. The van der Waals surface area contributed by atoms with Crippen LogP contribution in [0.1, 0.15) is 31.9 Å². The van der Waals surface area contributed by atoms with Crippen molar-refractivity contribution in [2.75, 3.05) is 12.3 Å². The van der Waals surface area contributed by atoms with Crippen LogP contribution >= 0.6 is 15.9 Å². The van der Waals surface area contributed by atoms with Crippen LogP contribution in [0.25, 0.3) is 0 Å². The molecule has 4 nitrogen and oxygen atoms in total. The summed E-state index contributed by atoms with van der Waals surface area (Å²) in [5.74, 6) is 0. The van der Waals surface area contributed by atoms with E-state index in [-0.39, 0.29) is 6.09 Å². The Morgan fingerprint density at radius 3 is 2.68 bits per heavy atom. The molecule has 1 heterocycles. The lowest BCUT2D eigenvalue weighted by molar-refractivity contribution is 0.0223. The number of fused-ring (bicyclic) bond motifs is 1. The van der Waals surface area contributed by atoms with Crippen LogP contribution in [0.3, 0.4) is 0 Å². The zero-order valence-electron chi connectivity index (χ0n) is 11.5. The third-order valence-electron chi connectivity index (χ3n) is 3.04. The van der Waals surface area contributed by atoms with E-state index in [4.69, 9.17) is 10.5 Å². The molecule has 0 bridgehead atoms. The quantitative estimate of drug-likeness (QED) is 0.744. The number of carbonyl (C=O) groups is 1. The predicted molar refractivity (Wildman–Crippen MR) is 78.9 cm³/mol. The Hall–Kier alpha value is -1.23. The smallest absolute Gasteiger partial charge is 0.410 e. The van der Waals surface area contributed by atoms with E-state index >= 15 is 0 Å². The highest BCUT2D eigenvalue weighted by molar-refractivity contribution is 9.10. The van der Waals surface area contributed by atoms with Crippen molar-refractivity contribution in [3.05, 3.63) is 27.7 Å². The molecule has 1 aliphatic heterocycles. The molecule has 0 aliphatic carbocycles. The van der Waals surface area contributed by atoms with E-state index in [9.17, 15) is 4.79 Å². The molecule has 2 rings (SSSR count). The van der Waals surface area contributed by atoms with Gasteiger partial charge < -0.3 is 15.4 Å². The summed E-state index contributed by atoms with van der Waals surface area (Å²) in [5.41, 5.74) is 8.52. The van der Waals surface area contributed by atoms with E-state index in [1.165, 1.54) is 0 Å². The lowest BCUT2D eigenvalue weighted by Gasteiger charge is -2.32. The Morgan fingerprint density at radius 1 is 1.37 bits per heavy atom. The van der Waals surface area contributed by atoms with Crippen LogP contribution in [-0.2, 0) is 17.7 Å². The molecule has 1 aromatic rings. The van der Waals surface area contributed by atoms with Crippen molar-refractivity contribution in [3.63, 3.8) is 0 Å². The van der Waals surface area contributed by atoms with Gasteiger partial charge in [0, 0.05) is 16.7 Å². The Morgan fingerprint density at radius 2 is 2.05 bits per heavy atom. The SMILES string of the molecule is CC(C)(C)OC(=O)N1CCc2c(N)ccc(Br)c2C1. The number of carbonyl (C=O) groups excluding carboxylic acids is 1. The predicted octanol–water partition coefficient (Wildman–Crippen LogP) is 3.32. The van der Waals surface area contributed by atoms with E-state index in [0.717, 1.165) is 27.7 Å². The van der Waals surface area contributed by atoms with Gasteiger partial charge in [-0.15, -0.1) is 0 Å². The van der Waals surface area contributed by atoms with Crippen LogP contribution in [-0.4, -0.2) is 23.1 Å². The minimum absolute atomic E-state index is 0.271. The molecule has 0 atom stereocenters. The van der Waals surface area contributed by atoms with Crippen molar-refractivity contribution < 1.29 is 9.53 Å². The first-order chi connectivity index (χ1) is 8.78. The van der Waals surface area contributed by atoms with Crippen LogP contribution in [0.4, 0.5) is 10.5 Å². The van der Waals surface area contributed by atoms with Gasteiger partial charge in [-0.1, -0.05) is 15.9 Å². The van der Waals surface area contributed by atoms with Crippen molar-refractivity contribution in [1.82, 2.24) is 4.90 Å². The molecule has 0 spiro atoms. The van der Waals surface area contributed by atoms with Gasteiger partial charge in [-0.2, -0.15) is 0 Å². The Balaban J connectivity index is 2.18. The first-order valence-corrected chi connectivity index (χ1v) is 7.11. The zero-order chi connectivity index (χ0) is 14.2. The molecule has 1 aliphatic rings. The summed E-state index contributed by atoms with van der Waals surface area (Å²) in [7, 11) is 0.